The van der Waals surface area contributed by atoms with Crippen molar-refractivity contribution in [3.8, 4) is 5.75 Å². The fourth-order valence-corrected chi connectivity index (χ4v) is 1.53. The lowest BCUT2D eigenvalue weighted by Gasteiger charge is -2.10. The van der Waals surface area contributed by atoms with E-state index in [0.29, 0.717) is 12.3 Å². The molecule has 0 aliphatic carbocycles. The summed E-state index contributed by atoms with van der Waals surface area (Å²) < 4.78 is 5.22. The molecule has 0 saturated carbocycles. The maximum atomic E-state index is 11.1. The van der Waals surface area contributed by atoms with Crippen LogP contribution in [0.3, 0.4) is 0 Å². The third-order valence-corrected chi connectivity index (χ3v) is 2.34. The van der Waals surface area contributed by atoms with Gasteiger partial charge in [0.05, 0.1) is 7.11 Å². The average molecular weight is 206 g/mol. The summed E-state index contributed by atoms with van der Waals surface area (Å²) in [6.45, 7) is 5.87. The van der Waals surface area contributed by atoms with Crippen molar-refractivity contribution >= 4 is 5.78 Å². The Kier molecular flexibility index (Phi) is 3.89. The molecule has 15 heavy (non-hydrogen) atoms. The van der Waals surface area contributed by atoms with Crippen LogP contribution in [0.25, 0.3) is 0 Å². The van der Waals surface area contributed by atoms with Gasteiger partial charge in [0.25, 0.3) is 0 Å². The minimum Gasteiger partial charge on any atom is -0.497 e. The Balaban J connectivity index is 3.05. The number of ketones is 1. The van der Waals surface area contributed by atoms with Crippen LogP contribution in [0.5, 0.6) is 5.75 Å². The van der Waals surface area contributed by atoms with Gasteiger partial charge in [-0.2, -0.15) is 0 Å². The van der Waals surface area contributed by atoms with Crippen LogP contribution in [-0.4, -0.2) is 12.9 Å². The van der Waals surface area contributed by atoms with Crippen molar-refractivity contribution in [3.63, 3.8) is 0 Å². The number of methoxy groups -OCH3 is 1. The molecule has 2 nitrogen and oxygen atoms in total. The third-order valence-electron chi connectivity index (χ3n) is 2.34. The fraction of sp³-hybridized carbons (Fsp3) is 0.462. The Morgan fingerprint density at radius 3 is 2.47 bits per heavy atom. The van der Waals surface area contributed by atoms with E-state index >= 15 is 0 Å². The molecule has 0 heterocycles. The van der Waals surface area contributed by atoms with Gasteiger partial charge in [0.1, 0.15) is 11.5 Å². The number of carbonyl (C=O) groups is 1. The summed E-state index contributed by atoms with van der Waals surface area (Å²) in [6.07, 6.45) is 0.483. The summed E-state index contributed by atoms with van der Waals surface area (Å²) >= 11 is 0. The zero-order chi connectivity index (χ0) is 11.4. The molecule has 0 unspecified atom stereocenters. The second kappa shape index (κ2) is 4.96. The van der Waals surface area contributed by atoms with Crippen LogP contribution >= 0.6 is 0 Å². The second-order valence-corrected chi connectivity index (χ2v) is 4.15. The van der Waals surface area contributed by atoms with Crippen LogP contribution in [-0.2, 0) is 11.2 Å². The molecule has 0 spiro atoms. The van der Waals surface area contributed by atoms with Gasteiger partial charge in [0.15, 0.2) is 0 Å². The van der Waals surface area contributed by atoms with Crippen molar-refractivity contribution in [1.29, 1.82) is 0 Å². The van der Waals surface area contributed by atoms with E-state index in [-0.39, 0.29) is 5.78 Å². The highest BCUT2D eigenvalue weighted by Gasteiger charge is 2.06. The summed E-state index contributed by atoms with van der Waals surface area (Å²) in [5, 5.41) is 0. The Morgan fingerprint density at radius 1 is 1.33 bits per heavy atom. The lowest BCUT2D eigenvalue weighted by Crippen LogP contribution is -1.99. The molecule has 0 atom stereocenters. The Morgan fingerprint density at radius 2 is 2.00 bits per heavy atom. The number of hydrogen-bond acceptors (Lipinski definition) is 2. The molecule has 0 saturated heterocycles. The molecule has 0 bridgehead atoms. The van der Waals surface area contributed by atoms with Gasteiger partial charge in [-0.15, -0.1) is 0 Å². The molecule has 1 rings (SSSR count). The predicted molar refractivity (Wildman–Crippen MR) is 61.5 cm³/mol. The van der Waals surface area contributed by atoms with Gasteiger partial charge in [-0.05, 0) is 36.1 Å². The Labute approximate surface area is 91.3 Å². The molecule has 1 aromatic carbocycles. The number of Topliss-reactive ketones (excluding diaryl/α,β-unsaturated/α-hetero) is 1. The van der Waals surface area contributed by atoms with E-state index in [0.717, 1.165) is 11.3 Å². The molecule has 82 valence electrons. The van der Waals surface area contributed by atoms with Gasteiger partial charge >= 0.3 is 0 Å². The molecule has 2 heteroatoms. The number of rotatable bonds is 4. The Bertz CT molecular complexity index is 354. The van der Waals surface area contributed by atoms with Crippen molar-refractivity contribution in [2.45, 2.75) is 33.1 Å². The van der Waals surface area contributed by atoms with Gasteiger partial charge in [-0.1, -0.05) is 19.9 Å². The lowest BCUT2D eigenvalue weighted by atomic mass is 9.98. The largest absolute Gasteiger partial charge is 0.497 e. The number of carbonyl (C=O) groups excluding carboxylic acids is 1. The lowest BCUT2D eigenvalue weighted by molar-refractivity contribution is -0.116. The SMILES string of the molecule is COc1cc(CC(C)=O)cc(C(C)C)c1. The van der Waals surface area contributed by atoms with Gasteiger partial charge in [-0.3, -0.25) is 4.79 Å². The summed E-state index contributed by atoms with van der Waals surface area (Å²) in [5.41, 5.74) is 2.25. The van der Waals surface area contributed by atoms with Crippen molar-refractivity contribution in [1.82, 2.24) is 0 Å². The highest BCUT2D eigenvalue weighted by molar-refractivity contribution is 5.78. The maximum Gasteiger partial charge on any atom is 0.134 e. The van der Waals surface area contributed by atoms with Gasteiger partial charge in [-0.25, -0.2) is 0 Å². The van der Waals surface area contributed by atoms with E-state index in [1.54, 1.807) is 14.0 Å². The van der Waals surface area contributed by atoms with Crippen LogP contribution < -0.4 is 4.74 Å². The minimum absolute atomic E-state index is 0.179. The Hall–Kier alpha value is -1.31. The van der Waals surface area contributed by atoms with Crippen LogP contribution in [0.2, 0.25) is 0 Å². The zero-order valence-electron chi connectivity index (χ0n) is 9.83. The summed E-state index contributed by atoms with van der Waals surface area (Å²) in [5.74, 6) is 1.46. The van der Waals surface area contributed by atoms with Crippen LogP contribution in [0.4, 0.5) is 0 Å². The molecule has 0 aromatic heterocycles. The minimum atomic E-state index is 0.179. The number of benzene rings is 1. The quantitative estimate of drug-likeness (QED) is 0.757. The van der Waals surface area contributed by atoms with Crippen LogP contribution in [0.1, 0.15) is 37.8 Å². The molecule has 0 amide bonds. The van der Waals surface area contributed by atoms with Crippen LogP contribution in [0.15, 0.2) is 18.2 Å². The van der Waals surface area contributed by atoms with Crippen molar-refractivity contribution < 1.29 is 9.53 Å². The predicted octanol–water partition coefficient (Wildman–Crippen LogP) is 2.95. The first-order valence-electron chi connectivity index (χ1n) is 5.20. The second-order valence-electron chi connectivity index (χ2n) is 4.15. The topological polar surface area (TPSA) is 26.3 Å². The molecular weight excluding hydrogens is 188 g/mol. The average Bonchev–Trinajstić information content (AvgIpc) is 2.16. The first kappa shape index (κ1) is 11.8. The third kappa shape index (κ3) is 3.39. The summed E-state index contributed by atoms with van der Waals surface area (Å²) in [6, 6.07) is 6.02. The molecule has 0 fully saturated rings. The van der Waals surface area contributed by atoms with Crippen LogP contribution in [0, 0.1) is 0 Å². The molecule has 1 aromatic rings. The molecule has 0 radical (unpaired) electrons. The van der Waals surface area contributed by atoms with Gasteiger partial charge in [0.2, 0.25) is 0 Å². The summed E-state index contributed by atoms with van der Waals surface area (Å²) in [4.78, 5) is 11.1. The van der Waals surface area contributed by atoms with E-state index in [4.69, 9.17) is 4.74 Å². The van der Waals surface area contributed by atoms with E-state index in [2.05, 4.69) is 19.9 Å². The zero-order valence-corrected chi connectivity index (χ0v) is 9.83. The van der Waals surface area contributed by atoms with E-state index < -0.39 is 0 Å². The monoisotopic (exact) mass is 206 g/mol. The summed E-state index contributed by atoms with van der Waals surface area (Å²) in [7, 11) is 1.65. The maximum absolute atomic E-state index is 11.1. The van der Waals surface area contributed by atoms with E-state index in [1.807, 2.05) is 12.1 Å². The molecular formula is C13H18O2. The molecule has 0 N–H and O–H groups in total. The van der Waals surface area contributed by atoms with Crippen molar-refractivity contribution in [2.24, 2.45) is 0 Å². The molecule has 0 aliphatic heterocycles. The van der Waals surface area contributed by atoms with Crippen molar-refractivity contribution in [3.05, 3.63) is 29.3 Å². The number of ether oxygens (including phenoxy) is 1. The van der Waals surface area contributed by atoms with E-state index in [1.165, 1.54) is 5.56 Å². The normalized spacial score (nSPS) is 10.5. The molecule has 0 aliphatic rings. The highest BCUT2D eigenvalue weighted by atomic mass is 16.5. The fourth-order valence-electron chi connectivity index (χ4n) is 1.53. The first-order valence-corrected chi connectivity index (χ1v) is 5.20. The van der Waals surface area contributed by atoms with E-state index in [9.17, 15) is 4.79 Å². The van der Waals surface area contributed by atoms with Gasteiger partial charge in [0, 0.05) is 6.42 Å². The highest BCUT2D eigenvalue weighted by Crippen LogP contribution is 2.23. The number of hydrogen-bond donors (Lipinski definition) is 0. The van der Waals surface area contributed by atoms with Gasteiger partial charge < -0.3 is 4.74 Å². The van der Waals surface area contributed by atoms with Crippen molar-refractivity contribution in [2.75, 3.05) is 7.11 Å². The standard InChI is InChI=1S/C13H18O2/c1-9(2)12-6-11(5-10(3)14)7-13(8-12)15-4/h6-9H,5H2,1-4H3. The smallest absolute Gasteiger partial charge is 0.134 e. The first-order chi connectivity index (χ1) is 7.02.